The summed E-state index contributed by atoms with van der Waals surface area (Å²) in [6, 6.07) is 7.89. The number of carbonyl (C=O) groups is 1. The predicted molar refractivity (Wildman–Crippen MR) is 84.8 cm³/mol. The summed E-state index contributed by atoms with van der Waals surface area (Å²) in [6.45, 7) is 6.85. The van der Waals surface area contributed by atoms with Crippen LogP contribution in [0.4, 0.5) is 0 Å². The molecule has 1 aliphatic rings. The molecule has 116 valence electrons. The molecule has 0 aliphatic carbocycles. The minimum absolute atomic E-state index is 0.0926. The molecule has 4 heteroatoms. The highest BCUT2D eigenvalue weighted by atomic mass is 16.5. The Morgan fingerprint density at radius 1 is 1.32 bits per heavy atom. The molecule has 1 fully saturated rings. The van der Waals surface area contributed by atoms with Crippen molar-refractivity contribution in [3.8, 4) is 0 Å². The second-order valence-corrected chi connectivity index (χ2v) is 5.98. The second-order valence-electron chi connectivity index (χ2n) is 5.98. The van der Waals surface area contributed by atoms with Crippen LogP contribution in [-0.4, -0.2) is 22.5 Å². The average molecular weight is 298 g/mol. The van der Waals surface area contributed by atoms with Crippen molar-refractivity contribution >= 4 is 5.91 Å². The van der Waals surface area contributed by atoms with Gasteiger partial charge in [-0.3, -0.25) is 4.79 Å². The van der Waals surface area contributed by atoms with Gasteiger partial charge in [0, 0.05) is 24.1 Å². The van der Waals surface area contributed by atoms with E-state index in [2.05, 4.69) is 12.1 Å². The van der Waals surface area contributed by atoms with E-state index >= 15 is 0 Å². The van der Waals surface area contributed by atoms with Gasteiger partial charge in [-0.15, -0.1) is 0 Å². The average Bonchev–Trinajstić information content (AvgIpc) is 3.13. The van der Waals surface area contributed by atoms with Crippen LogP contribution in [0.3, 0.4) is 0 Å². The fourth-order valence-corrected chi connectivity index (χ4v) is 3.28. The van der Waals surface area contributed by atoms with Gasteiger partial charge < -0.3 is 9.42 Å². The smallest absolute Gasteiger partial charge is 0.254 e. The van der Waals surface area contributed by atoms with Gasteiger partial charge in [-0.2, -0.15) is 0 Å². The summed E-state index contributed by atoms with van der Waals surface area (Å²) < 4.78 is 5.42. The van der Waals surface area contributed by atoms with E-state index in [0.717, 1.165) is 54.0 Å². The number of aromatic nitrogens is 1. The SMILES string of the molecule is CCc1onc(C)c1[C@@H]1CCCN1C(=O)c1ccc(C)cc1. The van der Waals surface area contributed by atoms with Gasteiger partial charge in [-0.25, -0.2) is 0 Å². The molecule has 0 N–H and O–H groups in total. The molecule has 1 aromatic carbocycles. The van der Waals surface area contributed by atoms with Gasteiger partial charge in [0.2, 0.25) is 0 Å². The minimum atomic E-state index is 0.0926. The van der Waals surface area contributed by atoms with Gasteiger partial charge in [0.05, 0.1) is 11.7 Å². The Morgan fingerprint density at radius 3 is 2.73 bits per heavy atom. The first-order valence-electron chi connectivity index (χ1n) is 7.94. The molecule has 1 saturated heterocycles. The number of carbonyl (C=O) groups excluding carboxylic acids is 1. The molecule has 1 aromatic heterocycles. The van der Waals surface area contributed by atoms with Gasteiger partial charge in [0.25, 0.3) is 5.91 Å². The topological polar surface area (TPSA) is 46.3 Å². The van der Waals surface area contributed by atoms with Crippen molar-refractivity contribution in [1.29, 1.82) is 0 Å². The summed E-state index contributed by atoms with van der Waals surface area (Å²) >= 11 is 0. The molecule has 0 unspecified atom stereocenters. The van der Waals surface area contributed by atoms with E-state index in [-0.39, 0.29) is 11.9 Å². The van der Waals surface area contributed by atoms with E-state index < -0.39 is 0 Å². The van der Waals surface area contributed by atoms with Crippen LogP contribution < -0.4 is 0 Å². The highest BCUT2D eigenvalue weighted by Crippen LogP contribution is 2.36. The Kier molecular flexibility index (Phi) is 4.01. The third kappa shape index (κ3) is 2.54. The van der Waals surface area contributed by atoms with Gasteiger partial charge >= 0.3 is 0 Å². The van der Waals surface area contributed by atoms with Gasteiger partial charge in [-0.1, -0.05) is 29.8 Å². The van der Waals surface area contributed by atoms with Crippen molar-refractivity contribution in [2.75, 3.05) is 6.54 Å². The van der Waals surface area contributed by atoms with E-state index in [0.29, 0.717) is 0 Å². The molecule has 0 bridgehead atoms. The molecule has 2 aromatic rings. The molecule has 22 heavy (non-hydrogen) atoms. The Bertz CT molecular complexity index is 673. The summed E-state index contributed by atoms with van der Waals surface area (Å²) in [7, 11) is 0. The maximum Gasteiger partial charge on any atom is 0.254 e. The summed E-state index contributed by atoms with van der Waals surface area (Å²) in [5.74, 6) is 1.01. The standard InChI is InChI=1S/C18H22N2O2/c1-4-16-17(13(3)19-22-16)15-6-5-11-20(15)18(21)14-9-7-12(2)8-10-14/h7-10,15H,4-6,11H2,1-3H3/t15-/m0/s1. The lowest BCUT2D eigenvalue weighted by atomic mass is 10.0. The van der Waals surface area contributed by atoms with E-state index in [4.69, 9.17) is 4.52 Å². The number of benzene rings is 1. The van der Waals surface area contributed by atoms with Crippen molar-refractivity contribution in [3.63, 3.8) is 0 Å². The van der Waals surface area contributed by atoms with Crippen LogP contribution in [0.15, 0.2) is 28.8 Å². The Hall–Kier alpha value is -2.10. The van der Waals surface area contributed by atoms with Gasteiger partial charge in [-0.05, 0) is 38.8 Å². The maximum atomic E-state index is 12.8. The highest BCUT2D eigenvalue weighted by molar-refractivity contribution is 5.94. The predicted octanol–water partition coefficient (Wildman–Crippen LogP) is 3.83. The van der Waals surface area contributed by atoms with Crippen molar-refractivity contribution in [3.05, 3.63) is 52.4 Å². The van der Waals surface area contributed by atoms with Crippen LogP contribution in [0.1, 0.15) is 58.7 Å². The molecule has 0 saturated carbocycles. The minimum Gasteiger partial charge on any atom is -0.361 e. The molecule has 0 radical (unpaired) electrons. The number of hydrogen-bond donors (Lipinski definition) is 0. The molecule has 0 spiro atoms. The van der Waals surface area contributed by atoms with Crippen LogP contribution in [0.25, 0.3) is 0 Å². The Labute approximate surface area is 131 Å². The van der Waals surface area contributed by atoms with E-state index in [9.17, 15) is 4.79 Å². The first-order chi connectivity index (χ1) is 10.6. The van der Waals surface area contributed by atoms with Crippen molar-refractivity contribution in [2.24, 2.45) is 0 Å². The maximum absolute atomic E-state index is 12.8. The number of rotatable bonds is 3. The van der Waals surface area contributed by atoms with Crippen molar-refractivity contribution < 1.29 is 9.32 Å². The molecular formula is C18H22N2O2. The number of hydrogen-bond acceptors (Lipinski definition) is 3. The third-order valence-electron chi connectivity index (χ3n) is 4.45. The number of likely N-dealkylation sites (tertiary alicyclic amines) is 1. The van der Waals surface area contributed by atoms with Crippen LogP contribution in [0.2, 0.25) is 0 Å². The first-order valence-corrected chi connectivity index (χ1v) is 7.94. The van der Waals surface area contributed by atoms with Crippen LogP contribution in [0, 0.1) is 13.8 Å². The second kappa shape index (κ2) is 5.95. The highest BCUT2D eigenvalue weighted by Gasteiger charge is 2.34. The van der Waals surface area contributed by atoms with Crippen LogP contribution >= 0.6 is 0 Å². The molecule has 4 nitrogen and oxygen atoms in total. The Morgan fingerprint density at radius 2 is 2.05 bits per heavy atom. The molecule has 1 atom stereocenters. The monoisotopic (exact) mass is 298 g/mol. The van der Waals surface area contributed by atoms with Crippen molar-refractivity contribution in [2.45, 2.75) is 46.1 Å². The Balaban J connectivity index is 1.91. The lowest BCUT2D eigenvalue weighted by molar-refractivity contribution is 0.0734. The summed E-state index contributed by atoms with van der Waals surface area (Å²) in [5, 5.41) is 4.10. The summed E-state index contributed by atoms with van der Waals surface area (Å²) in [5.41, 5.74) is 3.94. The fraction of sp³-hybridized carbons (Fsp3) is 0.444. The van der Waals surface area contributed by atoms with Gasteiger partial charge in [0.15, 0.2) is 0 Å². The number of nitrogens with zero attached hydrogens (tertiary/aromatic N) is 2. The lowest BCUT2D eigenvalue weighted by Gasteiger charge is -2.25. The largest absolute Gasteiger partial charge is 0.361 e. The van der Waals surface area contributed by atoms with E-state index in [1.165, 1.54) is 0 Å². The number of aryl methyl sites for hydroxylation is 3. The van der Waals surface area contributed by atoms with Crippen LogP contribution in [0.5, 0.6) is 0 Å². The molecule has 2 heterocycles. The molecular weight excluding hydrogens is 276 g/mol. The lowest BCUT2D eigenvalue weighted by Crippen LogP contribution is -2.31. The van der Waals surface area contributed by atoms with E-state index in [1.54, 1.807) is 0 Å². The zero-order valence-electron chi connectivity index (χ0n) is 13.4. The van der Waals surface area contributed by atoms with Crippen LogP contribution in [-0.2, 0) is 6.42 Å². The molecule has 3 rings (SSSR count). The summed E-state index contributed by atoms with van der Waals surface area (Å²) in [6.07, 6.45) is 2.81. The first kappa shape index (κ1) is 14.8. The summed E-state index contributed by atoms with van der Waals surface area (Å²) in [4.78, 5) is 14.8. The quantitative estimate of drug-likeness (QED) is 0.865. The fourth-order valence-electron chi connectivity index (χ4n) is 3.28. The number of amides is 1. The van der Waals surface area contributed by atoms with E-state index in [1.807, 2.05) is 43.0 Å². The van der Waals surface area contributed by atoms with Gasteiger partial charge in [0.1, 0.15) is 5.76 Å². The third-order valence-corrected chi connectivity index (χ3v) is 4.45. The van der Waals surface area contributed by atoms with Crippen molar-refractivity contribution in [1.82, 2.24) is 10.1 Å². The molecule has 1 amide bonds. The normalized spacial score (nSPS) is 18.0. The zero-order chi connectivity index (χ0) is 15.7. The zero-order valence-corrected chi connectivity index (χ0v) is 13.4. The molecule has 1 aliphatic heterocycles.